The van der Waals surface area contributed by atoms with E-state index in [0.29, 0.717) is 5.57 Å². The number of nitrogens with two attached hydrogens (primary N) is 1. The second-order valence-corrected chi connectivity index (χ2v) is 8.10. The molecule has 0 aliphatic heterocycles. The summed E-state index contributed by atoms with van der Waals surface area (Å²) in [7, 11) is 4.48. The summed E-state index contributed by atoms with van der Waals surface area (Å²) in [6.07, 6.45) is 14.5. The maximum Gasteiger partial charge on any atom is 0.174 e. The Bertz CT molecular complexity index is 356. The number of hydrogen-bond donors (Lipinski definition) is 1. The van der Waals surface area contributed by atoms with E-state index in [1.54, 1.807) is 6.92 Å². The lowest BCUT2D eigenvalue weighted by atomic mass is 10.0. The summed E-state index contributed by atoms with van der Waals surface area (Å²) in [6.45, 7) is 9.83. The van der Waals surface area contributed by atoms with E-state index in [-0.39, 0.29) is 24.2 Å². The Morgan fingerprint density at radius 3 is 1.80 bits per heavy atom. The molecule has 150 valence electrons. The fourth-order valence-electron chi connectivity index (χ4n) is 3.08. The Kier molecular flexibility index (Phi) is 17.0. The highest BCUT2D eigenvalue weighted by Gasteiger charge is 2.20. The molecule has 0 saturated carbocycles. The van der Waals surface area contributed by atoms with E-state index < -0.39 is 0 Å². The molecule has 0 bridgehead atoms. The van der Waals surface area contributed by atoms with Crippen molar-refractivity contribution in [3.63, 3.8) is 0 Å². The van der Waals surface area contributed by atoms with Gasteiger partial charge in [-0.2, -0.15) is 0 Å². The van der Waals surface area contributed by atoms with Crippen LogP contribution in [0.3, 0.4) is 0 Å². The van der Waals surface area contributed by atoms with Crippen LogP contribution in [0.25, 0.3) is 0 Å². The minimum Gasteiger partial charge on any atom is -1.00 e. The molecule has 0 rings (SSSR count). The lowest BCUT2D eigenvalue weighted by Gasteiger charge is -2.30. The van der Waals surface area contributed by atoms with Crippen LogP contribution in [0.15, 0.2) is 12.2 Å². The highest BCUT2D eigenvalue weighted by molar-refractivity contribution is 5.98. The second-order valence-electron chi connectivity index (χ2n) is 8.10. The molecule has 0 radical (unpaired) electrons. The zero-order chi connectivity index (χ0) is 18.4. The molecule has 0 amide bonds. The molecule has 0 aromatic heterocycles. The molecule has 0 fully saturated rings. The number of quaternary nitrogens is 1. The lowest BCUT2D eigenvalue weighted by Crippen LogP contribution is -3.00. The van der Waals surface area contributed by atoms with Gasteiger partial charge < -0.3 is 22.6 Å². The van der Waals surface area contributed by atoms with E-state index in [2.05, 4.69) is 27.6 Å². The number of unbranched alkanes of at least 4 members (excludes halogenated alkanes) is 9. The summed E-state index contributed by atoms with van der Waals surface area (Å²) in [4.78, 5) is 11.8. The van der Waals surface area contributed by atoms with E-state index in [9.17, 15) is 4.79 Å². The molecule has 0 spiro atoms. The Balaban J connectivity index is 0. The van der Waals surface area contributed by atoms with Crippen molar-refractivity contribution < 1.29 is 21.7 Å². The number of carbonyl (C=O) groups is 1. The average Bonchev–Trinajstić information content (AvgIpc) is 2.53. The zero-order valence-electron chi connectivity index (χ0n) is 17.3. The van der Waals surface area contributed by atoms with Crippen molar-refractivity contribution in [3.8, 4) is 0 Å². The molecular formula is C21H43ClN2O. The van der Waals surface area contributed by atoms with E-state index >= 15 is 0 Å². The third-order valence-corrected chi connectivity index (χ3v) is 4.92. The Morgan fingerprint density at radius 1 is 0.920 bits per heavy atom. The molecule has 1 unspecified atom stereocenters. The quantitative estimate of drug-likeness (QED) is 0.254. The van der Waals surface area contributed by atoms with Gasteiger partial charge in [-0.15, -0.1) is 0 Å². The van der Waals surface area contributed by atoms with Crippen LogP contribution in [0, 0.1) is 0 Å². The van der Waals surface area contributed by atoms with E-state index in [1.165, 1.54) is 70.8 Å². The highest BCUT2D eigenvalue weighted by Crippen LogP contribution is 2.12. The third kappa shape index (κ3) is 15.6. The minimum atomic E-state index is -0.382. The highest BCUT2D eigenvalue weighted by atomic mass is 35.5. The van der Waals surface area contributed by atoms with Gasteiger partial charge in [0.25, 0.3) is 0 Å². The number of nitrogens with zero attached hydrogens (tertiary/aromatic N) is 1. The maximum absolute atomic E-state index is 11.8. The summed E-state index contributed by atoms with van der Waals surface area (Å²) in [6, 6.07) is -0.382. The first-order valence-electron chi connectivity index (χ1n) is 10.1. The SMILES string of the molecule is C=C(C)C(=O)C(N)CC[N+](C)(C)CCCCCCCCCCCC.[Cl-]. The summed E-state index contributed by atoms with van der Waals surface area (Å²) >= 11 is 0. The molecule has 0 heterocycles. The average molecular weight is 375 g/mol. The third-order valence-electron chi connectivity index (χ3n) is 4.92. The summed E-state index contributed by atoms with van der Waals surface area (Å²) in [5.41, 5.74) is 6.53. The maximum atomic E-state index is 11.8. The molecule has 0 aliphatic rings. The van der Waals surface area contributed by atoms with Gasteiger partial charge in [-0.1, -0.05) is 64.9 Å². The number of carbonyl (C=O) groups excluding carboxylic acids is 1. The Morgan fingerprint density at radius 2 is 1.36 bits per heavy atom. The molecule has 1 atom stereocenters. The number of hydrogen-bond acceptors (Lipinski definition) is 2. The van der Waals surface area contributed by atoms with Crippen molar-refractivity contribution in [2.45, 2.75) is 90.5 Å². The molecule has 0 saturated heterocycles. The molecule has 2 N–H and O–H groups in total. The summed E-state index contributed by atoms with van der Waals surface area (Å²) in [5, 5.41) is 0. The Hall–Kier alpha value is -0.380. The van der Waals surface area contributed by atoms with Crippen LogP contribution >= 0.6 is 0 Å². The van der Waals surface area contributed by atoms with Gasteiger partial charge in [0.15, 0.2) is 5.78 Å². The molecular weight excluding hydrogens is 332 g/mol. The van der Waals surface area contributed by atoms with Crippen molar-refractivity contribution in [1.82, 2.24) is 0 Å². The fraction of sp³-hybridized carbons (Fsp3) is 0.857. The summed E-state index contributed by atoms with van der Waals surface area (Å²) < 4.78 is 0.953. The van der Waals surface area contributed by atoms with Crippen LogP contribution in [0.4, 0.5) is 0 Å². The van der Waals surface area contributed by atoms with E-state index in [1.807, 2.05) is 0 Å². The Labute approximate surface area is 163 Å². The van der Waals surface area contributed by atoms with Gasteiger partial charge in [0.05, 0.1) is 33.2 Å². The first kappa shape index (κ1) is 26.8. The van der Waals surface area contributed by atoms with Gasteiger partial charge in [0.1, 0.15) is 0 Å². The lowest BCUT2D eigenvalue weighted by molar-refractivity contribution is -0.890. The molecule has 25 heavy (non-hydrogen) atoms. The molecule has 0 aliphatic carbocycles. The monoisotopic (exact) mass is 374 g/mol. The van der Waals surface area contributed by atoms with E-state index in [4.69, 9.17) is 5.73 Å². The predicted molar refractivity (Wildman–Crippen MR) is 106 cm³/mol. The second kappa shape index (κ2) is 15.8. The molecule has 4 heteroatoms. The van der Waals surface area contributed by atoms with Crippen LogP contribution in [0.5, 0.6) is 0 Å². The number of Topliss-reactive ketones (excluding diaryl/α,β-unsaturated/α-hetero) is 1. The van der Waals surface area contributed by atoms with E-state index in [0.717, 1.165) is 17.4 Å². The minimum absolute atomic E-state index is 0. The first-order valence-corrected chi connectivity index (χ1v) is 10.1. The van der Waals surface area contributed by atoms with Crippen molar-refractivity contribution in [2.24, 2.45) is 5.73 Å². The van der Waals surface area contributed by atoms with Crippen molar-refractivity contribution in [3.05, 3.63) is 12.2 Å². The zero-order valence-corrected chi connectivity index (χ0v) is 18.0. The van der Waals surface area contributed by atoms with Gasteiger partial charge in [-0.05, 0) is 25.3 Å². The standard InChI is InChI=1S/C21H43N2O.ClH/c1-6-7-8-9-10-11-12-13-14-15-17-23(4,5)18-16-20(22)21(24)19(2)3;/h20H,2,6-18,22H2,1,3-5H3;1H/q+1;/p-1. The molecule has 0 aromatic rings. The van der Waals surface area contributed by atoms with Gasteiger partial charge in [0, 0.05) is 6.42 Å². The number of rotatable bonds is 16. The van der Waals surface area contributed by atoms with Gasteiger partial charge in [0.2, 0.25) is 0 Å². The van der Waals surface area contributed by atoms with Crippen molar-refractivity contribution in [1.29, 1.82) is 0 Å². The largest absolute Gasteiger partial charge is 1.00 e. The van der Waals surface area contributed by atoms with Gasteiger partial charge >= 0.3 is 0 Å². The number of halogens is 1. The predicted octanol–water partition coefficient (Wildman–Crippen LogP) is 1.85. The van der Waals surface area contributed by atoms with Crippen LogP contribution in [0.2, 0.25) is 0 Å². The van der Waals surface area contributed by atoms with Gasteiger partial charge in [-0.3, -0.25) is 4.79 Å². The molecule has 0 aromatic carbocycles. The normalized spacial score (nSPS) is 12.5. The number of ketones is 1. The van der Waals surface area contributed by atoms with Crippen molar-refractivity contribution >= 4 is 5.78 Å². The van der Waals surface area contributed by atoms with Crippen LogP contribution in [-0.2, 0) is 4.79 Å². The topological polar surface area (TPSA) is 43.1 Å². The van der Waals surface area contributed by atoms with Crippen molar-refractivity contribution in [2.75, 3.05) is 27.2 Å². The van der Waals surface area contributed by atoms with Crippen LogP contribution in [-0.4, -0.2) is 43.5 Å². The van der Waals surface area contributed by atoms with Gasteiger partial charge in [-0.25, -0.2) is 0 Å². The van der Waals surface area contributed by atoms with Crippen LogP contribution in [0.1, 0.15) is 84.5 Å². The first-order chi connectivity index (χ1) is 11.3. The smallest absolute Gasteiger partial charge is 0.174 e. The fourth-order valence-corrected chi connectivity index (χ4v) is 3.08. The molecule has 3 nitrogen and oxygen atoms in total. The summed E-state index contributed by atoms with van der Waals surface area (Å²) in [5.74, 6) is 0.00827. The van der Waals surface area contributed by atoms with Crippen LogP contribution < -0.4 is 18.1 Å².